The van der Waals surface area contributed by atoms with E-state index < -0.39 is 11.8 Å². The topological polar surface area (TPSA) is 67.4 Å². The number of ether oxygens (including phenoxy) is 1. The molecule has 2 rings (SSSR count). The van der Waals surface area contributed by atoms with Crippen LogP contribution in [-0.2, 0) is 22.7 Å². The van der Waals surface area contributed by atoms with E-state index >= 15 is 0 Å². The molecule has 0 bridgehead atoms. The number of carbonyl (C=O) groups excluding carboxylic acids is 2. The lowest BCUT2D eigenvalue weighted by atomic mass is 10.2. The van der Waals surface area contributed by atoms with Gasteiger partial charge in [-0.3, -0.25) is 9.59 Å². The van der Waals surface area contributed by atoms with Gasteiger partial charge >= 0.3 is 11.8 Å². The minimum atomic E-state index is -0.635. The number of rotatable bonds is 6. The SMILES string of the molecule is CC(C)Oc1ccc(CNC(=O)C(=O)NCc2cccs2)cc1. The van der Waals surface area contributed by atoms with Crippen molar-refractivity contribution in [2.24, 2.45) is 0 Å². The molecular formula is C17H20N2O3S. The molecule has 23 heavy (non-hydrogen) atoms. The van der Waals surface area contributed by atoms with E-state index in [1.165, 1.54) is 11.3 Å². The molecule has 0 unspecified atom stereocenters. The fourth-order valence-corrected chi connectivity index (χ4v) is 2.53. The monoisotopic (exact) mass is 332 g/mol. The van der Waals surface area contributed by atoms with Crippen molar-refractivity contribution in [3.05, 3.63) is 52.2 Å². The fraction of sp³-hybridized carbons (Fsp3) is 0.294. The van der Waals surface area contributed by atoms with Gasteiger partial charge < -0.3 is 15.4 Å². The van der Waals surface area contributed by atoms with Gasteiger partial charge in [0.05, 0.1) is 12.6 Å². The first-order valence-electron chi connectivity index (χ1n) is 7.38. The van der Waals surface area contributed by atoms with Gasteiger partial charge in [-0.25, -0.2) is 0 Å². The highest BCUT2D eigenvalue weighted by Gasteiger charge is 2.12. The summed E-state index contributed by atoms with van der Waals surface area (Å²) in [6, 6.07) is 11.2. The second kappa shape index (κ2) is 8.33. The zero-order valence-corrected chi connectivity index (χ0v) is 14.0. The summed E-state index contributed by atoms with van der Waals surface area (Å²) in [7, 11) is 0. The van der Waals surface area contributed by atoms with E-state index in [9.17, 15) is 9.59 Å². The number of thiophene rings is 1. The molecule has 2 amide bonds. The molecule has 0 aliphatic carbocycles. The van der Waals surface area contributed by atoms with Crippen LogP contribution >= 0.6 is 11.3 Å². The average Bonchev–Trinajstić information content (AvgIpc) is 3.04. The highest BCUT2D eigenvalue weighted by molar-refractivity contribution is 7.09. The predicted molar refractivity (Wildman–Crippen MR) is 90.2 cm³/mol. The molecule has 1 aromatic heterocycles. The van der Waals surface area contributed by atoms with Gasteiger partial charge in [-0.2, -0.15) is 0 Å². The first-order valence-corrected chi connectivity index (χ1v) is 8.26. The van der Waals surface area contributed by atoms with E-state index in [2.05, 4.69) is 10.6 Å². The largest absolute Gasteiger partial charge is 0.491 e. The molecule has 2 aromatic rings. The maximum Gasteiger partial charge on any atom is 0.309 e. The normalized spacial score (nSPS) is 10.4. The van der Waals surface area contributed by atoms with Gasteiger partial charge in [0.25, 0.3) is 0 Å². The third-order valence-corrected chi connectivity index (χ3v) is 3.83. The molecule has 0 radical (unpaired) electrons. The van der Waals surface area contributed by atoms with Crippen molar-refractivity contribution in [1.82, 2.24) is 10.6 Å². The summed E-state index contributed by atoms with van der Waals surface area (Å²) in [5.74, 6) is -0.481. The summed E-state index contributed by atoms with van der Waals surface area (Å²) >= 11 is 1.53. The van der Waals surface area contributed by atoms with Gasteiger partial charge in [0.15, 0.2) is 0 Å². The van der Waals surface area contributed by atoms with E-state index in [0.29, 0.717) is 13.1 Å². The van der Waals surface area contributed by atoms with Crippen molar-refractivity contribution in [2.75, 3.05) is 0 Å². The third kappa shape index (κ3) is 5.75. The number of amides is 2. The molecule has 6 heteroatoms. The molecule has 0 fully saturated rings. The minimum Gasteiger partial charge on any atom is -0.491 e. The standard InChI is InChI=1S/C17H20N2O3S/c1-12(2)22-14-7-5-13(6-8-14)10-18-16(20)17(21)19-11-15-4-3-9-23-15/h3-9,12H,10-11H2,1-2H3,(H,18,20)(H,19,21). The maximum absolute atomic E-state index is 11.7. The summed E-state index contributed by atoms with van der Waals surface area (Å²) in [4.78, 5) is 24.4. The van der Waals surface area contributed by atoms with Gasteiger partial charge in [0.1, 0.15) is 5.75 Å². The highest BCUT2D eigenvalue weighted by Crippen LogP contribution is 2.13. The molecule has 0 aliphatic rings. The maximum atomic E-state index is 11.7. The van der Waals surface area contributed by atoms with Gasteiger partial charge in [0.2, 0.25) is 0 Å². The molecule has 0 spiro atoms. The summed E-state index contributed by atoms with van der Waals surface area (Å²) in [5.41, 5.74) is 0.903. The second-order valence-electron chi connectivity index (χ2n) is 5.26. The number of hydrogen-bond donors (Lipinski definition) is 2. The molecule has 1 heterocycles. The molecule has 0 saturated carbocycles. The molecule has 122 valence electrons. The van der Waals surface area contributed by atoms with Crippen LogP contribution in [0.1, 0.15) is 24.3 Å². The lowest BCUT2D eigenvalue weighted by molar-refractivity contribution is -0.139. The molecule has 0 aliphatic heterocycles. The Morgan fingerprint density at radius 1 is 1.04 bits per heavy atom. The van der Waals surface area contributed by atoms with E-state index in [1.54, 1.807) is 0 Å². The van der Waals surface area contributed by atoms with E-state index in [1.807, 2.05) is 55.6 Å². The highest BCUT2D eigenvalue weighted by atomic mass is 32.1. The van der Waals surface area contributed by atoms with Gasteiger partial charge in [0, 0.05) is 11.4 Å². The van der Waals surface area contributed by atoms with Crippen LogP contribution in [0.25, 0.3) is 0 Å². The van der Waals surface area contributed by atoms with E-state index in [4.69, 9.17) is 4.74 Å². The Kier molecular flexibility index (Phi) is 6.17. The third-order valence-electron chi connectivity index (χ3n) is 2.96. The lowest BCUT2D eigenvalue weighted by Gasteiger charge is -2.10. The fourth-order valence-electron chi connectivity index (χ4n) is 1.88. The van der Waals surface area contributed by atoms with Crippen molar-refractivity contribution in [3.8, 4) is 5.75 Å². The Morgan fingerprint density at radius 3 is 2.26 bits per heavy atom. The van der Waals surface area contributed by atoms with Crippen LogP contribution in [-0.4, -0.2) is 17.9 Å². The Labute approximate surface area is 139 Å². The van der Waals surface area contributed by atoms with Crippen LogP contribution < -0.4 is 15.4 Å². The smallest absolute Gasteiger partial charge is 0.309 e. The number of benzene rings is 1. The Hall–Kier alpha value is -2.34. The number of hydrogen-bond acceptors (Lipinski definition) is 4. The zero-order chi connectivity index (χ0) is 16.7. The van der Waals surface area contributed by atoms with Crippen LogP contribution in [0.2, 0.25) is 0 Å². The molecule has 1 aromatic carbocycles. The second-order valence-corrected chi connectivity index (χ2v) is 6.29. The van der Waals surface area contributed by atoms with Gasteiger partial charge in [-0.1, -0.05) is 18.2 Å². The van der Waals surface area contributed by atoms with Crippen LogP contribution in [0.3, 0.4) is 0 Å². The number of carbonyl (C=O) groups is 2. The average molecular weight is 332 g/mol. The molecule has 5 nitrogen and oxygen atoms in total. The molecule has 0 saturated heterocycles. The molecule has 2 N–H and O–H groups in total. The van der Waals surface area contributed by atoms with Crippen molar-refractivity contribution < 1.29 is 14.3 Å². The van der Waals surface area contributed by atoms with Crippen LogP contribution in [0.4, 0.5) is 0 Å². The predicted octanol–water partition coefficient (Wildman–Crippen LogP) is 2.47. The Balaban J connectivity index is 1.75. The van der Waals surface area contributed by atoms with Crippen molar-refractivity contribution in [2.45, 2.75) is 33.0 Å². The van der Waals surface area contributed by atoms with Crippen molar-refractivity contribution in [3.63, 3.8) is 0 Å². The summed E-state index contributed by atoms with van der Waals surface area (Å²) in [6.45, 7) is 4.59. The minimum absolute atomic E-state index is 0.118. The number of nitrogens with one attached hydrogen (secondary N) is 2. The lowest BCUT2D eigenvalue weighted by Crippen LogP contribution is -2.39. The summed E-state index contributed by atoms with van der Waals surface area (Å²) in [6.07, 6.45) is 0.118. The van der Waals surface area contributed by atoms with E-state index in [0.717, 1.165) is 16.2 Å². The summed E-state index contributed by atoms with van der Waals surface area (Å²) < 4.78 is 5.55. The Bertz CT molecular complexity index is 636. The van der Waals surface area contributed by atoms with Crippen molar-refractivity contribution in [1.29, 1.82) is 0 Å². The molecule has 0 atom stereocenters. The van der Waals surface area contributed by atoms with E-state index in [-0.39, 0.29) is 6.10 Å². The Morgan fingerprint density at radius 2 is 1.70 bits per heavy atom. The summed E-state index contributed by atoms with van der Waals surface area (Å²) in [5, 5.41) is 7.12. The quantitative estimate of drug-likeness (QED) is 0.799. The molecular weight excluding hydrogens is 312 g/mol. The van der Waals surface area contributed by atoms with Gasteiger partial charge in [-0.15, -0.1) is 11.3 Å². The zero-order valence-electron chi connectivity index (χ0n) is 13.2. The van der Waals surface area contributed by atoms with Crippen LogP contribution in [0.5, 0.6) is 5.75 Å². The first-order chi connectivity index (χ1) is 11.0. The first kappa shape index (κ1) is 17.0. The van der Waals surface area contributed by atoms with Crippen LogP contribution in [0, 0.1) is 0 Å². The van der Waals surface area contributed by atoms with Crippen molar-refractivity contribution >= 4 is 23.2 Å². The van der Waals surface area contributed by atoms with Crippen LogP contribution in [0.15, 0.2) is 41.8 Å². The van der Waals surface area contributed by atoms with Gasteiger partial charge in [-0.05, 0) is 43.0 Å².